The molecule has 2 heterocycles. The van der Waals surface area contributed by atoms with Gasteiger partial charge in [0.1, 0.15) is 0 Å². The summed E-state index contributed by atoms with van der Waals surface area (Å²) in [5.41, 5.74) is 13.2. The molecule has 3 N–H and O–H groups in total. The first-order valence-corrected chi connectivity index (χ1v) is 16.2. The molecule has 2 fully saturated rings. The molecule has 0 radical (unpaired) electrons. The first kappa shape index (κ1) is 31.4. The van der Waals surface area contributed by atoms with Crippen molar-refractivity contribution in [1.82, 2.24) is 10.2 Å². The lowest BCUT2D eigenvalue weighted by molar-refractivity contribution is -0.123. The van der Waals surface area contributed by atoms with Crippen molar-refractivity contribution in [2.24, 2.45) is 22.6 Å². The summed E-state index contributed by atoms with van der Waals surface area (Å²) >= 11 is 0. The van der Waals surface area contributed by atoms with Crippen LogP contribution in [-0.2, 0) is 16.1 Å². The molecule has 2 aliphatic heterocycles. The number of hydrogen-bond acceptors (Lipinski definition) is 6. The number of anilines is 1. The second-order valence-corrected chi connectivity index (χ2v) is 12.8. The number of benzene rings is 2. The van der Waals surface area contributed by atoms with Crippen molar-refractivity contribution in [1.29, 1.82) is 0 Å². The highest BCUT2D eigenvalue weighted by atomic mass is 16.5. The molecule has 8 heteroatoms. The highest BCUT2D eigenvalue weighted by molar-refractivity contribution is 6.00. The van der Waals surface area contributed by atoms with E-state index in [1.807, 2.05) is 13.0 Å². The maximum Gasteiger partial charge on any atom is 0.251 e. The van der Waals surface area contributed by atoms with E-state index in [1.165, 1.54) is 5.56 Å². The molecule has 2 unspecified atom stereocenters. The first-order chi connectivity index (χ1) is 20.7. The van der Waals surface area contributed by atoms with Crippen molar-refractivity contribution in [3.05, 3.63) is 53.1 Å². The summed E-state index contributed by atoms with van der Waals surface area (Å²) in [5, 5.41) is 3.11. The van der Waals surface area contributed by atoms with Crippen LogP contribution in [0.15, 0.2) is 41.4 Å². The number of carbonyl (C=O) groups excluding carboxylic acids is 2. The molecule has 2 aromatic carbocycles. The zero-order valence-electron chi connectivity index (χ0n) is 26.4. The monoisotopic (exact) mass is 587 g/mol. The average Bonchev–Trinajstić information content (AvgIpc) is 2.99. The van der Waals surface area contributed by atoms with Crippen LogP contribution in [-0.4, -0.2) is 73.9 Å². The van der Waals surface area contributed by atoms with Gasteiger partial charge in [0.15, 0.2) is 0 Å². The number of rotatable bonds is 9. The van der Waals surface area contributed by atoms with Gasteiger partial charge in [-0.3, -0.25) is 14.5 Å². The molecule has 2 atom stereocenters. The predicted octanol–water partition coefficient (Wildman–Crippen LogP) is 4.96. The number of nitrogens with zero attached hydrogens (tertiary/aromatic N) is 3. The van der Waals surface area contributed by atoms with Crippen LogP contribution >= 0.6 is 0 Å². The van der Waals surface area contributed by atoms with E-state index in [0.29, 0.717) is 18.2 Å². The Bertz CT molecular complexity index is 1310. The predicted molar refractivity (Wildman–Crippen MR) is 174 cm³/mol. The normalized spacial score (nSPS) is 24.9. The zero-order valence-corrected chi connectivity index (χ0v) is 26.4. The molecule has 0 spiro atoms. The van der Waals surface area contributed by atoms with E-state index in [4.69, 9.17) is 10.5 Å². The third-order valence-corrected chi connectivity index (χ3v) is 9.66. The topological polar surface area (TPSA) is 100 Å². The number of carbonyl (C=O) groups is 2. The van der Waals surface area contributed by atoms with Gasteiger partial charge in [-0.15, -0.1) is 0 Å². The number of aliphatic imine (C=N–C) groups is 1. The van der Waals surface area contributed by atoms with Gasteiger partial charge < -0.3 is 20.7 Å². The molecule has 1 saturated carbocycles. The molecule has 2 aromatic rings. The Hall–Kier alpha value is -3.07. The van der Waals surface area contributed by atoms with Gasteiger partial charge in [0.2, 0.25) is 0 Å². The second-order valence-electron chi connectivity index (χ2n) is 12.8. The van der Waals surface area contributed by atoms with Gasteiger partial charge in [-0.2, -0.15) is 0 Å². The molecule has 0 aromatic heterocycles. The van der Waals surface area contributed by atoms with Gasteiger partial charge in [0, 0.05) is 61.8 Å². The molecule has 1 aliphatic carbocycles. The number of ether oxygens (including phenoxy) is 1. The Morgan fingerprint density at radius 3 is 2.42 bits per heavy atom. The van der Waals surface area contributed by atoms with Gasteiger partial charge in [0.05, 0.1) is 19.1 Å². The number of hydrogen-bond donors (Lipinski definition) is 2. The minimum atomic E-state index is -0.298. The van der Waals surface area contributed by atoms with E-state index in [2.05, 4.69) is 71.2 Å². The summed E-state index contributed by atoms with van der Waals surface area (Å²) in [7, 11) is 0. The Labute approximate surface area is 257 Å². The highest BCUT2D eigenvalue weighted by Gasteiger charge is 2.31. The summed E-state index contributed by atoms with van der Waals surface area (Å²) in [6.07, 6.45) is 4.93. The van der Waals surface area contributed by atoms with Crippen molar-refractivity contribution < 1.29 is 14.3 Å². The Balaban J connectivity index is 1.43. The van der Waals surface area contributed by atoms with Crippen molar-refractivity contribution in [2.75, 3.05) is 44.3 Å². The fourth-order valence-corrected chi connectivity index (χ4v) is 7.01. The molecule has 5 rings (SSSR count). The molecule has 1 saturated heterocycles. The van der Waals surface area contributed by atoms with Gasteiger partial charge in [-0.1, -0.05) is 31.2 Å². The van der Waals surface area contributed by atoms with Crippen LogP contribution in [0.25, 0.3) is 11.1 Å². The Morgan fingerprint density at radius 2 is 1.77 bits per heavy atom. The fraction of sp³-hybridized carbons (Fsp3) is 0.571. The molecule has 3 aliphatic rings. The lowest BCUT2D eigenvalue weighted by atomic mass is 9.86. The standard InChI is InChI=1S/C35H49N5O3/c1-5-40(30-12-10-29(36)11-13-30)33-20-28(27-8-6-26(7-9-27)22-39-14-16-43-17-15-39)19-31(25(33)4)34(41)37-21-32-23(2)18-24(3)38-35(32)42/h6-9,19-20,23,29-30,32H,5,10-18,21-22,36H2,1-4H3,(H,37,41)/t23?,29-,30-,32?. The summed E-state index contributed by atoms with van der Waals surface area (Å²) in [5.74, 6) is -0.421. The van der Waals surface area contributed by atoms with E-state index in [0.717, 1.165) is 99.6 Å². The lowest BCUT2D eigenvalue weighted by Gasteiger charge is -2.38. The molecule has 8 nitrogen and oxygen atoms in total. The van der Waals surface area contributed by atoms with Gasteiger partial charge >= 0.3 is 0 Å². The van der Waals surface area contributed by atoms with Crippen LogP contribution in [0.4, 0.5) is 5.69 Å². The van der Waals surface area contributed by atoms with Crippen molar-refractivity contribution in [3.63, 3.8) is 0 Å². The molecule has 43 heavy (non-hydrogen) atoms. The van der Waals surface area contributed by atoms with E-state index in [9.17, 15) is 9.59 Å². The average molecular weight is 588 g/mol. The van der Waals surface area contributed by atoms with E-state index in [1.54, 1.807) is 0 Å². The van der Waals surface area contributed by atoms with E-state index < -0.39 is 0 Å². The third-order valence-electron chi connectivity index (χ3n) is 9.66. The summed E-state index contributed by atoms with van der Waals surface area (Å²) in [6.45, 7) is 13.8. The zero-order chi connectivity index (χ0) is 30.5. The van der Waals surface area contributed by atoms with Crippen LogP contribution < -0.4 is 16.0 Å². The summed E-state index contributed by atoms with van der Waals surface area (Å²) < 4.78 is 5.50. The van der Waals surface area contributed by atoms with Gasteiger partial charge in [-0.05, 0) is 93.2 Å². The first-order valence-electron chi connectivity index (χ1n) is 16.2. The van der Waals surface area contributed by atoms with Crippen LogP contribution in [0.5, 0.6) is 0 Å². The van der Waals surface area contributed by atoms with Gasteiger partial charge in [0.25, 0.3) is 11.8 Å². The second kappa shape index (κ2) is 14.1. The third kappa shape index (κ3) is 7.54. The summed E-state index contributed by atoms with van der Waals surface area (Å²) in [6, 6.07) is 13.7. The number of amides is 2. The SMILES string of the molecule is CCN(c1cc(-c2ccc(CN3CCOCC3)cc2)cc(C(=O)NCC2C(=O)N=C(C)CC2C)c1C)[C@H]1CC[C@H](N)CC1. The fourth-order valence-electron chi connectivity index (χ4n) is 7.01. The van der Waals surface area contributed by atoms with Crippen LogP contribution in [0, 0.1) is 18.8 Å². The van der Waals surface area contributed by atoms with Crippen molar-refractivity contribution >= 4 is 23.2 Å². The number of nitrogens with two attached hydrogens (primary N) is 1. The van der Waals surface area contributed by atoms with Crippen LogP contribution in [0.2, 0.25) is 0 Å². The largest absolute Gasteiger partial charge is 0.379 e. The quantitative estimate of drug-likeness (QED) is 0.430. The Kier molecular flexibility index (Phi) is 10.3. The molecular formula is C35H49N5O3. The van der Waals surface area contributed by atoms with Crippen LogP contribution in [0.1, 0.15) is 74.4 Å². The van der Waals surface area contributed by atoms with Gasteiger partial charge in [-0.25, -0.2) is 4.99 Å². The maximum absolute atomic E-state index is 13.8. The maximum atomic E-state index is 13.8. The van der Waals surface area contributed by atoms with E-state index >= 15 is 0 Å². The van der Waals surface area contributed by atoms with Crippen LogP contribution in [0.3, 0.4) is 0 Å². The molecule has 2 amide bonds. The number of nitrogens with one attached hydrogen (secondary N) is 1. The van der Waals surface area contributed by atoms with Crippen molar-refractivity contribution in [2.45, 2.75) is 78.4 Å². The van der Waals surface area contributed by atoms with E-state index in [-0.39, 0.29) is 29.7 Å². The number of morpholine rings is 1. The Morgan fingerprint density at radius 1 is 1.07 bits per heavy atom. The minimum Gasteiger partial charge on any atom is -0.379 e. The van der Waals surface area contributed by atoms with Crippen molar-refractivity contribution in [3.8, 4) is 11.1 Å². The smallest absolute Gasteiger partial charge is 0.251 e. The minimum absolute atomic E-state index is 0.132. The molecule has 0 bridgehead atoms. The highest BCUT2D eigenvalue weighted by Crippen LogP contribution is 2.35. The summed E-state index contributed by atoms with van der Waals surface area (Å²) in [4.78, 5) is 35.5. The molecule has 232 valence electrons. The lowest BCUT2D eigenvalue weighted by Crippen LogP contribution is -2.41. The molecular weight excluding hydrogens is 538 g/mol.